The number of benzene rings is 2. The number of carboxylic acids is 1. The highest BCUT2D eigenvalue weighted by molar-refractivity contribution is 6.30. The Morgan fingerprint density at radius 3 is 2.65 bits per heavy atom. The second-order valence-electron chi connectivity index (χ2n) is 4.49. The molecule has 100 valence electrons. The lowest BCUT2D eigenvalue weighted by atomic mass is 10.1. The number of halogens is 1. The largest absolute Gasteiger partial charge is 0.478 e. The molecule has 0 unspecified atom stereocenters. The first-order chi connectivity index (χ1) is 9.63. The second-order valence-corrected chi connectivity index (χ2v) is 4.93. The van der Waals surface area contributed by atoms with Crippen LogP contribution in [0.4, 0.5) is 0 Å². The second kappa shape index (κ2) is 4.98. The lowest BCUT2D eigenvalue weighted by Gasteiger charge is -1.98. The molecule has 0 bridgehead atoms. The maximum atomic E-state index is 11.2. The zero-order chi connectivity index (χ0) is 14.1. The quantitative estimate of drug-likeness (QED) is 0.774. The van der Waals surface area contributed by atoms with Crippen molar-refractivity contribution < 1.29 is 9.90 Å². The topological polar surface area (TPSA) is 66.0 Å². The molecule has 0 atom stereocenters. The fraction of sp³-hybridized carbons (Fsp3) is 0.0667. The molecule has 3 rings (SSSR count). The maximum absolute atomic E-state index is 11.2. The first-order valence-electron chi connectivity index (χ1n) is 6.09. The number of H-pyrrole nitrogens is 1. The molecule has 1 heterocycles. The Labute approximate surface area is 120 Å². The number of imidazole rings is 1. The van der Waals surface area contributed by atoms with E-state index in [1.807, 2.05) is 24.3 Å². The van der Waals surface area contributed by atoms with E-state index in [2.05, 4.69) is 9.97 Å². The molecule has 0 radical (unpaired) electrons. The Bertz CT molecular complexity index is 778. The third-order valence-electron chi connectivity index (χ3n) is 3.08. The van der Waals surface area contributed by atoms with Gasteiger partial charge in [0, 0.05) is 11.4 Å². The van der Waals surface area contributed by atoms with Crippen molar-refractivity contribution in [2.75, 3.05) is 0 Å². The number of rotatable bonds is 3. The van der Waals surface area contributed by atoms with Crippen LogP contribution in [0.25, 0.3) is 11.0 Å². The van der Waals surface area contributed by atoms with Gasteiger partial charge in [0.25, 0.3) is 0 Å². The zero-order valence-corrected chi connectivity index (χ0v) is 11.2. The Morgan fingerprint density at radius 1 is 1.20 bits per heavy atom. The number of para-hydroxylation sites is 1. The molecule has 0 aliphatic rings. The van der Waals surface area contributed by atoms with Crippen LogP contribution in [0.3, 0.4) is 0 Å². The van der Waals surface area contributed by atoms with E-state index in [0.717, 1.165) is 11.4 Å². The predicted molar refractivity (Wildman–Crippen MR) is 77.3 cm³/mol. The van der Waals surface area contributed by atoms with Crippen LogP contribution in [0.15, 0.2) is 42.5 Å². The van der Waals surface area contributed by atoms with Gasteiger partial charge < -0.3 is 10.1 Å². The molecule has 3 aromatic rings. The molecule has 2 aromatic carbocycles. The predicted octanol–water partition coefficient (Wildman–Crippen LogP) is 3.51. The number of fused-ring (bicyclic) bond motifs is 1. The molecule has 0 fully saturated rings. The summed E-state index contributed by atoms with van der Waals surface area (Å²) >= 11 is 5.85. The molecule has 4 nitrogen and oxygen atoms in total. The SMILES string of the molecule is O=C(O)c1cccc2nc(Cc3ccc(Cl)cc3)[nH]c12. The number of carbonyl (C=O) groups is 1. The summed E-state index contributed by atoms with van der Waals surface area (Å²) in [5.74, 6) is -0.228. The Hall–Kier alpha value is -2.33. The van der Waals surface area contributed by atoms with Crippen molar-refractivity contribution in [3.63, 3.8) is 0 Å². The molecule has 0 saturated heterocycles. The van der Waals surface area contributed by atoms with Gasteiger partial charge >= 0.3 is 5.97 Å². The minimum atomic E-state index is -0.961. The van der Waals surface area contributed by atoms with Gasteiger partial charge in [0.15, 0.2) is 0 Å². The number of aromatic amines is 1. The van der Waals surface area contributed by atoms with Crippen LogP contribution in [0, 0.1) is 0 Å². The normalized spacial score (nSPS) is 10.8. The molecular formula is C15H11ClN2O2. The fourth-order valence-electron chi connectivity index (χ4n) is 2.14. The molecule has 2 N–H and O–H groups in total. The van der Waals surface area contributed by atoms with Crippen molar-refractivity contribution >= 4 is 28.6 Å². The summed E-state index contributed by atoms with van der Waals surface area (Å²) in [6.07, 6.45) is 0.602. The molecule has 0 aliphatic carbocycles. The van der Waals surface area contributed by atoms with Crippen LogP contribution in [0.5, 0.6) is 0 Å². The van der Waals surface area contributed by atoms with Crippen LogP contribution < -0.4 is 0 Å². The summed E-state index contributed by atoms with van der Waals surface area (Å²) in [7, 11) is 0. The van der Waals surface area contributed by atoms with Gasteiger partial charge in [0.2, 0.25) is 0 Å². The van der Waals surface area contributed by atoms with Crippen molar-refractivity contribution in [2.45, 2.75) is 6.42 Å². The van der Waals surface area contributed by atoms with Crippen LogP contribution in [-0.4, -0.2) is 21.0 Å². The van der Waals surface area contributed by atoms with Crippen molar-refractivity contribution in [1.82, 2.24) is 9.97 Å². The first kappa shape index (κ1) is 12.7. The van der Waals surface area contributed by atoms with Gasteiger partial charge in [-0.05, 0) is 29.8 Å². The van der Waals surface area contributed by atoms with E-state index >= 15 is 0 Å². The lowest BCUT2D eigenvalue weighted by Crippen LogP contribution is -1.97. The number of aromatic carboxylic acids is 1. The first-order valence-corrected chi connectivity index (χ1v) is 6.46. The summed E-state index contributed by atoms with van der Waals surface area (Å²) in [5.41, 5.74) is 2.51. The maximum Gasteiger partial charge on any atom is 0.337 e. The number of nitrogens with one attached hydrogen (secondary N) is 1. The number of carboxylic acid groups (broad SMARTS) is 1. The molecule has 0 saturated carbocycles. The van der Waals surface area contributed by atoms with Crippen LogP contribution >= 0.6 is 11.6 Å². The molecule has 0 aliphatic heterocycles. The Kier molecular flexibility index (Phi) is 3.16. The summed E-state index contributed by atoms with van der Waals surface area (Å²) in [6.45, 7) is 0. The minimum Gasteiger partial charge on any atom is -0.478 e. The van der Waals surface area contributed by atoms with E-state index in [1.54, 1.807) is 18.2 Å². The third kappa shape index (κ3) is 2.38. The summed E-state index contributed by atoms with van der Waals surface area (Å²) in [4.78, 5) is 18.7. The smallest absolute Gasteiger partial charge is 0.337 e. The number of aromatic nitrogens is 2. The monoisotopic (exact) mass is 286 g/mol. The van der Waals surface area contributed by atoms with Gasteiger partial charge in [0.1, 0.15) is 5.82 Å². The minimum absolute atomic E-state index is 0.234. The summed E-state index contributed by atoms with van der Waals surface area (Å²) < 4.78 is 0. The lowest BCUT2D eigenvalue weighted by molar-refractivity contribution is 0.0699. The van der Waals surface area contributed by atoms with Crippen LogP contribution in [-0.2, 0) is 6.42 Å². The van der Waals surface area contributed by atoms with E-state index < -0.39 is 5.97 Å². The van der Waals surface area contributed by atoms with Gasteiger partial charge in [-0.1, -0.05) is 29.8 Å². The highest BCUT2D eigenvalue weighted by Gasteiger charge is 2.12. The van der Waals surface area contributed by atoms with E-state index in [9.17, 15) is 4.79 Å². The number of hydrogen-bond donors (Lipinski definition) is 2. The van der Waals surface area contributed by atoms with E-state index in [4.69, 9.17) is 16.7 Å². The van der Waals surface area contributed by atoms with Gasteiger partial charge in [-0.3, -0.25) is 0 Å². The number of hydrogen-bond acceptors (Lipinski definition) is 2. The van der Waals surface area contributed by atoms with Crippen molar-refractivity contribution in [1.29, 1.82) is 0 Å². The molecule has 0 spiro atoms. The average Bonchev–Trinajstić information content (AvgIpc) is 2.83. The van der Waals surface area contributed by atoms with Gasteiger partial charge in [0.05, 0.1) is 16.6 Å². The van der Waals surface area contributed by atoms with Crippen LogP contribution in [0.1, 0.15) is 21.7 Å². The molecule has 1 aromatic heterocycles. The summed E-state index contributed by atoms with van der Waals surface area (Å²) in [6, 6.07) is 12.5. The van der Waals surface area contributed by atoms with Crippen molar-refractivity contribution in [2.24, 2.45) is 0 Å². The van der Waals surface area contributed by atoms with Gasteiger partial charge in [-0.25, -0.2) is 9.78 Å². The molecular weight excluding hydrogens is 276 g/mol. The molecule has 20 heavy (non-hydrogen) atoms. The highest BCUT2D eigenvalue weighted by atomic mass is 35.5. The zero-order valence-electron chi connectivity index (χ0n) is 10.4. The molecule has 5 heteroatoms. The fourth-order valence-corrected chi connectivity index (χ4v) is 2.27. The van der Waals surface area contributed by atoms with E-state index in [1.165, 1.54) is 0 Å². The Balaban J connectivity index is 1.99. The van der Waals surface area contributed by atoms with E-state index in [-0.39, 0.29) is 5.56 Å². The number of nitrogens with zero attached hydrogens (tertiary/aromatic N) is 1. The van der Waals surface area contributed by atoms with Crippen LogP contribution in [0.2, 0.25) is 5.02 Å². The highest BCUT2D eigenvalue weighted by Crippen LogP contribution is 2.19. The van der Waals surface area contributed by atoms with Crippen molar-refractivity contribution in [3.05, 3.63) is 64.4 Å². The third-order valence-corrected chi connectivity index (χ3v) is 3.33. The Morgan fingerprint density at radius 2 is 1.95 bits per heavy atom. The van der Waals surface area contributed by atoms with Crippen molar-refractivity contribution in [3.8, 4) is 0 Å². The van der Waals surface area contributed by atoms with Gasteiger partial charge in [-0.15, -0.1) is 0 Å². The summed E-state index contributed by atoms with van der Waals surface area (Å²) in [5, 5.41) is 9.84. The van der Waals surface area contributed by atoms with E-state index in [0.29, 0.717) is 22.5 Å². The molecule has 0 amide bonds. The average molecular weight is 287 g/mol. The van der Waals surface area contributed by atoms with Gasteiger partial charge in [-0.2, -0.15) is 0 Å². The standard InChI is InChI=1S/C15H11ClN2O2/c16-10-6-4-9(5-7-10)8-13-17-12-3-1-2-11(15(19)20)14(12)18-13/h1-7H,8H2,(H,17,18)(H,19,20).